The van der Waals surface area contributed by atoms with E-state index in [1.54, 1.807) is 7.11 Å². The molecule has 1 saturated heterocycles. The number of carbonyl (C=O) groups is 1. The number of carbonyl (C=O) groups excluding carboxylic acids is 1. The van der Waals surface area contributed by atoms with Crippen molar-refractivity contribution in [3.8, 4) is 0 Å². The van der Waals surface area contributed by atoms with Gasteiger partial charge in [0.15, 0.2) is 0 Å². The minimum Gasteiger partial charge on any atom is -0.380 e. The van der Waals surface area contributed by atoms with E-state index in [1.165, 1.54) is 0 Å². The lowest BCUT2D eigenvalue weighted by Crippen LogP contribution is -2.48. The molecule has 1 heterocycles. The molecule has 1 atom stereocenters. The number of hydrogen-bond acceptors (Lipinski definition) is 4. The van der Waals surface area contributed by atoms with Gasteiger partial charge in [0.05, 0.1) is 12.6 Å². The van der Waals surface area contributed by atoms with Crippen LogP contribution < -0.4 is 10.6 Å². The molecule has 1 aliphatic heterocycles. The largest absolute Gasteiger partial charge is 0.380 e. The average molecular weight is 288 g/mol. The predicted octanol–water partition coefficient (Wildman–Crippen LogP) is -0.114. The number of nitrogens with zero attached hydrogens (tertiary/aromatic N) is 1. The summed E-state index contributed by atoms with van der Waals surface area (Å²) in [5, 5.41) is 6.11. The minimum absolute atomic E-state index is 0. The summed E-state index contributed by atoms with van der Waals surface area (Å²) in [5.74, 6) is 0.0841. The third-order valence-corrected chi connectivity index (χ3v) is 2.57. The molecule has 0 aromatic rings. The van der Waals surface area contributed by atoms with Gasteiger partial charge in [0.25, 0.3) is 0 Å². The average Bonchev–Trinajstić information content (AvgIpc) is 2.27. The molecule has 7 heteroatoms. The Kier molecular flexibility index (Phi) is 12.5. The van der Waals surface area contributed by atoms with E-state index < -0.39 is 0 Å². The van der Waals surface area contributed by atoms with Gasteiger partial charge in [-0.1, -0.05) is 0 Å². The van der Waals surface area contributed by atoms with Gasteiger partial charge >= 0.3 is 0 Å². The molecule has 0 spiro atoms. The maximum Gasteiger partial charge on any atom is 0.234 e. The van der Waals surface area contributed by atoms with Crippen LogP contribution in [0.25, 0.3) is 0 Å². The molecule has 1 unspecified atom stereocenters. The highest BCUT2D eigenvalue weighted by molar-refractivity contribution is 5.85. The van der Waals surface area contributed by atoms with Gasteiger partial charge < -0.3 is 15.4 Å². The fraction of sp³-hybridized carbons (Fsp3) is 0.900. The Labute approximate surface area is 115 Å². The molecule has 17 heavy (non-hydrogen) atoms. The smallest absolute Gasteiger partial charge is 0.234 e. The number of rotatable bonds is 5. The number of nitrogens with one attached hydrogen (secondary N) is 2. The molecule has 5 nitrogen and oxygen atoms in total. The highest BCUT2D eigenvalue weighted by Crippen LogP contribution is 1.91. The third kappa shape index (κ3) is 8.63. The summed E-state index contributed by atoms with van der Waals surface area (Å²) in [7, 11) is 1.65. The van der Waals surface area contributed by atoms with Crippen molar-refractivity contribution in [2.24, 2.45) is 0 Å². The zero-order valence-electron chi connectivity index (χ0n) is 10.4. The van der Waals surface area contributed by atoms with Crippen LogP contribution in [0, 0.1) is 0 Å². The SMILES string of the molecule is COC(C)CNC(=O)CN1CCNCC1.Cl.Cl. The van der Waals surface area contributed by atoms with Crippen molar-refractivity contribution in [2.45, 2.75) is 13.0 Å². The second-order valence-electron chi connectivity index (χ2n) is 3.88. The Morgan fingerprint density at radius 1 is 1.41 bits per heavy atom. The summed E-state index contributed by atoms with van der Waals surface area (Å²) in [6.45, 7) is 6.87. The number of halogens is 2. The molecular formula is C10H23Cl2N3O2. The lowest BCUT2D eigenvalue weighted by Gasteiger charge is -2.26. The first-order valence-corrected chi connectivity index (χ1v) is 5.45. The van der Waals surface area contributed by atoms with E-state index in [2.05, 4.69) is 15.5 Å². The fourth-order valence-electron chi connectivity index (χ4n) is 1.47. The first-order chi connectivity index (χ1) is 7.22. The van der Waals surface area contributed by atoms with Crippen LogP contribution in [0.3, 0.4) is 0 Å². The molecule has 104 valence electrons. The van der Waals surface area contributed by atoms with Crippen molar-refractivity contribution < 1.29 is 9.53 Å². The number of piperazine rings is 1. The molecule has 0 bridgehead atoms. The van der Waals surface area contributed by atoms with E-state index in [0.29, 0.717) is 13.1 Å². The molecule has 0 radical (unpaired) electrons. The maximum absolute atomic E-state index is 11.5. The molecule has 1 fully saturated rings. The molecule has 1 amide bonds. The van der Waals surface area contributed by atoms with E-state index in [0.717, 1.165) is 26.2 Å². The van der Waals surface area contributed by atoms with Crippen LogP contribution in [0.2, 0.25) is 0 Å². The van der Waals surface area contributed by atoms with Crippen molar-refractivity contribution in [2.75, 3.05) is 46.4 Å². The summed E-state index contributed by atoms with van der Waals surface area (Å²) in [6.07, 6.45) is 0.0805. The highest BCUT2D eigenvalue weighted by atomic mass is 35.5. The van der Waals surface area contributed by atoms with Crippen LogP contribution in [-0.4, -0.2) is 63.3 Å². The van der Waals surface area contributed by atoms with Gasteiger partial charge in [0, 0.05) is 39.8 Å². The van der Waals surface area contributed by atoms with Gasteiger partial charge in [-0.05, 0) is 6.92 Å². The second kappa shape index (κ2) is 11.0. The number of methoxy groups -OCH3 is 1. The lowest BCUT2D eigenvalue weighted by molar-refractivity contribution is -0.122. The summed E-state index contributed by atoms with van der Waals surface area (Å²) >= 11 is 0. The van der Waals surface area contributed by atoms with E-state index in [4.69, 9.17) is 4.74 Å². The summed E-state index contributed by atoms with van der Waals surface area (Å²) in [6, 6.07) is 0. The highest BCUT2D eigenvalue weighted by Gasteiger charge is 2.13. The number of hydrogen-bond donors (Lipinski definition) is 2. The summed E-state index contributed by atoms with van der Waals surface area (Å²) < 4.78 is 5.05. The Morgan fingerprint density at radius 3 is 2.53 bits per heavy atom. The van der Waals surface area contributed by atoms with Crippen LogP contribution in [0.1, 0.15) is 6.92 Å². The maximum atomic E-state index is 11.5. The lowest BCUT2D eigenvalue weighted by atomic mass is 10.3. The number of ether oxygens (including phenoxy) is 1. The second-order valence-corrected chi connectivity index (χ2v) is 3.88. The van der Waals surface area contributed by atoms with E-state index in [1.807, 2.05) is 6.92 Å². The molecule has 0 aliphatic carbocycles. The Hall–Kier alpha value is -0.0700. The Morgan fingerprint density at radius 2 is 2.00 bits per heavy atom. The van der Waals surface area contributed by atoms with E-state index >= 15 is 0 Å². The molecule has 1 rings (SSSR count). The standard InChI is InChI=1S/C10H21N3O2.2ClH/c1-9(15-2)7-12-10(14)8-13-5-3-11-4-6-13;;/h9,11H,3-8H2,1-2H3,(H,12,14);2*1H. The summed E-state index contributed by atoms with van der Waals surface area (Å²) in [5.41, 5.74) is 0. The minimum atomic E-state index is 0. The van der Waals surface area contributed by atoms with Crippen molar-refractivity contribution in [3.05, 3.63) is 0 Å². The van der Waals surface area contributed by atoms with Gasteiger partial charge in [0.1, 0.15) is 0 Å². The van der Waals surface area contributed by atoms with Crippen molar-refractivity contribution in [1.82, 2.24) is 15.5 Å². The van der Waals surface area contributed by atoms with Crippen LogP contribution in [0.15, 0.2) is 0 Å². The van der Waals surface area contributed by atoms with Gasteiger partial charge in [-0.25, -0.2) is 0 Å². The quantitative estimate of drug-likeness (QED) is 0.741. The number of amides is 1. The van der Waals surface area contributed by atoms with Crippen molar-refractivity contribution in [1.29, 1.82) is 0 Å². The van der Waals surface area contributed by atoms with Crippen LogP contribution >= 0.6 is 24.8 Å². The molecule has 0 aromatic heterocycles. The molecule has 0 saturated carbocycles. The monoisotopic (exact) mass is 287 g/mol. The topological polar surface area (TPSA) is 53.6 Å². The summed E-state index contributed by atoms with van der Waals surface area (Å²) in [4.78, 5) is 13.7. The Balaban J connectivity index is 0. The van der Waals surface area contributed by atoms with Gasteiger partial charge in [-0.2, -0.15) is 0 Å². The molecule has 0 aromatic carbocycles. The first kappa shape index (κ1) is 19.3. The zero-order valence-corrected chi connectivity index (χ0v) is 12.0. The Bertz CT molecular complexity index is 202. The van der Waals surface area contributed by atoms with Crippen molar-refractivity contribution >= 4 is 30.7 Å². The first-order valence-electron chi connectivity index (χ1n) is 5.45. The van der Waals surface area contributed by atoms with Crippen LogP contribution in [-0.2, 0) is 9.53 Å². The van der Waals surface area contributed by atoms with Gasteiger partial charge in [-0.15, -0.1) is 24.8 Å². The van der Waals surface area contributed by atoms with Crippen LogP contribution in [0.4, 0.5) is 0 Å². The van der Waals surface area contributed by atoms with Crippen LogP contribution in [0.5, 0.6) is 0 Å². The van der Waals surface area contributed by atoms with Gasteiger partial charge in [0.2, 0.25) is 5.91 Å². The third-order valence-electron chi connectivity index (χ3n) is 2.57. The predicted molar refractivity (Wildman–Crippen MR) is 73.3 cm³/mol. The molecule has 2 N–H and O–H groups in total. The molecule has 1 aliphatic rings. The van der Waals surface area contributed by atoms with E-state index in [9.17, 15) is 4.79 Å². The molecular weight excluding hydrogens is 265 g/mol. The zero-order chi connectivity index (χ0) is 11.1. The normalized spacial score (nSPS) is 17.5. The fourth-order valence-corrected chi connectivity index (χ4v) is 1.47. The van der Waals surface area contributed by atoms with Gasteiger partial charge in [-0.3, -0.25) is 9.69 Å². The van der Waals surface area contributed by atoms with Crippen molar-refractivity contribution in [3.63, 3.8) is 0 Å². The van der Waals surface area contributed by atoms with E-state index in [-0.39, 0.29) is 36.8 Å².